The first-order valence-corrected chi connectivity index (χ1v) is 10.4. The lowest BCUT2D eigenvalue weighted by atomic mass is 10.1. The summed E-state index contributed by atoms with van der Waals surface area (Å²) in [6, 6.07) is 2.00. The zero-order chi connectivity index (χ0) is 20.0. The Balaban J connectivity index is 2.30. The van der Waals surface area contributed by atoms with Crippen molar-refractivity contribution < 1.29 is 12.8 Å². The largest absolute Gasteiger partial charge is 0.365 e. The van der Waals surface area contributed by atoms with Crippen LogP contribution in [0.15, 0.2) is 65.1 Å². The SMILES string of the molecule is C=C/C(=C\C=C/C)[C@H](N)Nc1cc(F)c(S(=O)(=O)Nc2nccs2)cc1Cl. The van der Waals surface area contributed by atoms with Crippen LogP contribution in [0.4, 0.5) is 15.2 Å². The Kier molecular flexibility index (Phi) is 7.14. The molecule has 0 radical (unpaired) electrons. The molecule has 144 valence electrons. The van der Waals surface area contributed by atoms with Crippen molar-refractivity contribution in [1.29, 1.82) is 0 Å². The molecule has 1 heterocycles. The molecule has 0 fully saturated rings. The van der Waals surface area contributed by atoms with Crippen molar-refractivity contribution in [2.75, 3.05) is 10.0 Å². The minimum absolute atomic E-state index is 0.000750. The molecule has 10 heteroatoms. The Bertz CT molecular complexity index is 973. The van der Waals surface area contributed by atoms with Crippen LogP contribution in [-0.2, 0) is 10.0 Å². The number of rotatable bonds is 8. The summed E-state index contributed by atoms with van der Waals surface area (Å²) in [5.41, 5.74) is 6.83. The number of anilines is 2. The van der Waals surface area contributed by atoms with Gasteiger partial charge in [0.1, 0.15) is 16.9 Å². The number of nitrogens with zero attached hydrogens (tertiary/aromatic N) is 1. The van der Waals surface area contributed by atoms with Gasteiger partial charge in [-0.3, -0.25) is 4.72 Å². The third kappa shape index (κ3) is 5.39. The first kappa shape index (κ1) is 21.1. The second-order valence-electron chi connectivity index (χ2n) is 5.22. The van der Waals surface area contributed by atoms with Gasteiger partial charge in [-0.15, -0.1) is 11.3 Å². The lowest BCUT2D eigenvalue weighted by Crippen LogP contribution is -2.31. The number of hydrogen-bond acceptors (Lipinski definition) is 6. The van der Waals surface area contributed by atoms with Crippen LogP contribution in [0.25, 0.3) is 0 Å². The molecular weight excluding hydrogens is 411 g/mol. The van der Waals surface area contributed by atoms with E-state index in [1.807, 2.05) is 13.0 Å². The normalized spacial score (nSPS) is 13.6. The van der Waals surface area contributed by atoms with E-state index in [1.54, 1.807) is 23.6 Å². The zero-order valence-corrected chi connectivity index (χ0v) is 16.7. The fraction of sp³-hybridized carbons (Fsp3) is 0.118. The molecule has 0 saturated carbocycles. The van der Waals surface area contributed by atoms with E-state index in [2.05, 4.69) is 21.6 Å². The Morgan fingerprint density at radius 2 is 2.22 bits per heavy atom. The predicted molar refractivity (Wildman–Crippen MR) is 109 cm³/mol. The van der Waals surface area contributed by atoms with Gasteiger partial charge in [0.05, 0.1) is 10.7 Å². The van der Waals surface area contributed by atoms with E-state index in [1.165, 1.54) is 6.20 Å². The molecule has 1 aromatic heterocycles. The maximum Gasteiger partial charge on any atom is 0.266 e. The third-order valence-corrected chi connectivity index (χ3v) is 5.84. The highest BCUT2D eigenvalue weighted by atomic mass is 35.5. The number of halogens is 2. The van der Waals surface area contributed by atoms with Crippen molar-refractivity contribution in [3.05, 3.63) is 71.0 Å². The first-order valence-electron chi connectivity index (χ1n) is 7.67. The lowest BCUT2D eigenvalue weighted by Gasteiger charge is -2.18. The molecule has 2 rings (SSSR count). The number of benzene rings is 1. The average molecular weight is 429 g/mol. The van der Waals surface area contributed by atoms with Crippen LogP contribution in [0.5, 0.6) is 0 Å². The minimum atomic E-state index is -4.17. The van der Waals surface area contributed by atoms with Gasteiger partial charge in [0, 0.05) is 11.6 Å². The summed E-state index contributed by atoms with van der Waals surface area (Å²) in [7, 11) is -4.17. The van der Waals surface area contributed by atoms with Crippen molar-refractivity contribution >= 4 is 43.8 Å². The first-order chi connectivity index (χ1) is 12.8. The monoisotopic (exact) mass is 428 g/mol. The molecule has 6 nitrogen and oxygen atoms in total. The fourth-order valence-corrected chi connectivity index (χ4v) is 4.20. The number of nitrogens with one attached hydrogen (secondary N) is 2. The summed E-state index contributed by atoms with van der Waals surface area (Å²) in [6.07, 6.45) is 7.61. The predicted octanol–water partition coefficient (Wildman–Crippen LogP) is 4.12. The van der Waals surface area contributed by atoms with Gasteiger partial charge in [-0.25, -0.2) is 17.8 Å². The number of nitrogens with two attached hydrogens (primary N) is 1. The van der Waals surface area contributed by atoms with E-state index in [4.69, 9.17) is 17.3 Å². The lowest BCUT2D eigenvalue weighted by molar-refractivity contribution is 0.570. The maximum atomic E-state index is 14.5. The Morgan fingerprint density at radius 3 is 2.81 bits per heavy atom. The summed E-state index contributed by atoms with van der Waals surface area (Å²) in [6.45, 7) is 5.53. The van der Waals surface area contributed by atoms with Gasteiger partial charge in [0.25, 0.3) is 10.0 Å². The van der Waals surface area contributed by atoms with Crippen LogP contribution in [0.1, 0.15) is 6.92 Å². The summed E-state index contributed by atoms with van der Waals surface area (Å²) in [5.74, 6) is -0.976. The van der Waals surface area contributed by atoms with Crippen molar-refractivity contribution in [2.45, 2.75) is 18.0 Å². The molecule has 0 aliphatic rings. The molecule has 0 aliphatic carbocycles. The van der Waals surface area contributed by atoms with Crippen LogP contribution < -0.4 is 15.8 Å². The highest BCUT2D eigenvalue weighted by molar-refractivity contribution is 7.93. The van der Waals surface area contributed by atoms with Crippen LogP contribution >= 0.6 is 22.9 Å². The van der Waals surface area contributed by atoms with Crippen LogP contribution in [0.3, 0.4) is 0 Å². The third-order valence-electron chi connectivity index (χ3n) is 3.35. The van der Waals surface area contributed by atoms with Crippen LogP contribution in [0.2, 0.25) is 5.02 Å². The van der Waals surface area contributed by atoms with Gasteiger partial charge >= 0.3 is 0 Å². The summed E-state index contributed by atoms with van der Waals surface area (Å²) >= 11 is 7.21. The summed E-state index contributed by atoms with van der Waals surface area (Å²) in [5, 5.41) is 4.56. The minimum Gasteiger partial charge on any atom is -0.365 e. The molecule has 0 unspecified atom stereocenters. The Labute approximate surface area is 166 Å². The van der Waals surface area contributed by atoms with Crippen LogP contribution in [0, 0.1) is 5.82 Å². The molecular formula is C17H18ClFN4O2S2. The Hall–Kier alpha value is -2.20. The quantitative estimate of drug-likeness (QED) is 0.434. The van der Waals surface area contributed by atoms with Gasteiger partial charge in [-0.05, 0) is 24.6 Å². The number of aromatic nitrogens is 1. The number of allylic oxidation sites excluding steroid dienone is 3. The van der Waals surface area contributed by atoms with Gasteiger partial charge < -0.3 is 11.1 Å². The van der Waals surface area contributed by atoms with Crippen molar-refractivity contribution in [2.24, 2.45) is 5.73 Å². The van der Waals surface area contributed by atoms with Gasteiger partial charge in [-0.1, -0.05) is 42.5 Å². The van der Waals surface area contributed by atoms with Gasteiger partial charge in [0.15, 0.2) is 5.13 Å². The molecule has 0 spiro atoms. The molecule has 27 heavy (non-hydrogen) atoms. The molecule has 0 amide bonds. The summed E-state index contributed by atoms with van der Waals surface area (Å²) in [4.78, 5) is 3.22. The van der Waals surface area contributed by atoms with E-state index in [0.717, 1.165) is 23.5 Å². The molecule has 2 aromatic rings. The van der Waals surface area contributed by atoms with Crippen molar-refractivity contribution in [1.82, 2.24) is 4.98 Å². The van der Waals surface area contributed by atoms with E-state index in [9.17, 15) is 12.8 Å². The van der Waals surface area contributed by atoms with E-state index < -0.39 is 26.9 Å². The van der Waals surface area contributed by atoms with E-state index in [-0.39, 0.29) is 15.8 Å². The van der Waals surface area contributed by atoms with Gasteiger partial charge in [-0.2, -0.15) is 0 Å². The molecule has 4 N–H and O–H groups in total. The topological polar surface area (TPSA) is 97.1 Å². The fourth-order valence-electron chi connectivity index (χ4n) is 2.05. The second-order valence-corrected chi connectivity index (χ2v) is 8.18. The molecule has 1 aromatic carbocycles. The van der Waals surface area contributed by atoms with Gasteiger partial charge in [0.2, 0.25) is 0 Å². The standard InChI is InChI=1S/C17H18ClFN4O2S2/c1-3-5-6-11(4-2)16(20)22-14-10-13(19)15(9-12(14)18)27(24,25)23-17-21-7-8-26-17/h3-10,16,22H,2,20H2,1H3,(H,21,23)/b5-3-,11-6+/t16-/m1/s1. The molecule has 1 atom stereocenters. The number of hydrogen-bond donors (Lipinski definition) is 3. The van der Waals surface area contributed by atoms with Crippen molar-refractivity contribution in [3.63, 3.8) is 0 Å². The van der Waals surface area contributed by atoms with Crippen LogP contribution in [-0.4, -0.2) is 19.6 Å². The average Bonchev–Trinajstić information content (AvgIpc) is 3.10. The molecule has 0 aliphatic heterocycles. The maximum absolute atomic E-state index is 14.5. The summed E-state index contributed by atoms with van der Waals surface area (Å²) < 4.78 is 41.4. The highest BCUT2D eigenvalue weighted by Crippen LogP contribution is 2.30. The zero-order valence-electron chi connectivity index (χ0n) is 14.3. The van der Waals surface area contributed by atoms with E-state index >= 15 is 0 Å². The molecule has 0 saturated heterocycles. The smallest absolute Gasteiger partial charge is 0.266 e. The van der Waals surface area contributed by atoms with Crippen molar-refractivity contribution in [3.8, 4) is 0 Å². The molecule has 0 bridgehead atoms. The van der Waals surface area contributed by atoms with E-state index in [0.29, 0.717) is 5.57 Å². The second kappa shape index (κ2) is 9.14. The number of sulfonamides is 1. The Morgan fingerprint density at radius 1 is 1.48 bits per heavy atom. The number of thiazole rings is 1. The highest BCUT2D eigenvalue weighted by Gasteiger charge is 2.23.